The van der Waals surface area contributed by atoms with Gasteiger partial charge in [0.1, 0.15) is 0 Å². The van der Waals surface area contributed by atoms with E-state index in [9.17, 15) is 5.11 Å². The van der Waals surface area contributed by atoms with Gasteiger partial charge >= 0.3 is 0 Å². The molecule has 2 unspecified atom stereocenters. The van der Waals surface area contributed by atoms with E-state index in [1.807, 2.05) is 6.08 Å². The zero-order valence-corrected chi connectivity index (χ0v) is 8.28. The van der Waals surface area contributed by atoms with Crippen molar-refractivity contribution in [2.24, 2.45) is 11.8 Å². The number of hydrogen-bond acceptors (Lipinski definition) is 1. The summed E-state index contributed by atoms with van der Waals surface area (Å²) in [5.41, 5.74) is 0. The lowest BCUT2D eigenvalue weighted by molar-refractivity contribution is 0.0817. The third kappa shape index (κ3) is 2.14. The summed E-state index contributed by atoms with van der Waals surface area (Å²) in [6.45, 7) is 0. The molecule has 2 atom stereocenters. The highest BCUT2D eigenvalue weighted by atomic mass is 16.3. The summed E-state index contributed by atoms with van der Waals surface area (Å²) in [7, 11) is 0. The quantitative estimate of drug-likeness (QED) is 0.615. The van der Waals surface area contributed by atoms with Crippen LogP contribution in [-0.2, 0) is 0 Å². The maximum atomic E-state index is 9.83. The summed E-state index contributed by atoms with van der Waals surface area (Å²) in [6.07, 6.45) is 13.3. The molecule has 0 bridgehead atoms. The van der Waals surface area contributed by atoms with Gasteiger partial charge in [0.25, 0.3) is 0 Å². The molecule has 0 saturated heterocycles. The maximum Gasteiger partial charge on any atom is 0.0751 e. The van der Waals surface area contributed by atoms with Crippen molar-refractivity contribution < 1.29 is 5.11 Å². The Balaban J connectivity index is 1.94. The van der Waals surface area contributed by atoms with Crippen LogP contribution < -0.4 is 0 Å². The lowest BCUT2D eigenvalue weighted by atomic mass is 9.74. The monoisotopic (exact) mass is 180 g/mol. The Morgan fingerprint density at radius 3 is 2.46 bits per heavy atom. The minimum atomic E-state index is -0.142. The van der Waals surface area contributed by atoms with Gasteiger partial charge in [-0.1, -0.05) is 44.3 Å². The summed E-state index contributed by atoms with van der Waals surface area (Å²) >= 11 is 0. The average Bonchev–Trinajstić information content (AvgIpc) is 2.20. The molecule has 1 fully saturated rings. The second-order valence-corrected chi connectivity index (χ2v) is 4.56. The normalized spacial score (nSPS) is 36.4. The Bertz CT molecular complexity index is 180. The Morgan fingerprint density at radius 1 is 1.00 bits per heavy atom. The van der Waals surface area contributed by atoms with Crippen LogP contribution in [0.25, 0.3) is 0 Å². The number of aliphatic hydroxyl groups excluding tert-OH is 1. The Kier molecular flexibility index (Phi) is 3.05. The van der Waals surface area contributed by atoms with Gasteiger partial charge < -0.3 is 5.11 Å². The number of aliphatic hydroxyl groups is 1. The van der Waals surface area contributed by atoms with E-state index in [0.29, 0.717) is 5.92 Å². The van der Waals surface area contributed by atoms with Crippen LogP contribution in [0.5, 0.6) is 0 Å². The lowest BCUT2D eigenvalue weighted by Crippen LogP contribution is -2.29. The number of hydrogen-bond donors (Lipinski definition) is 1. The van der Waals surface area contributed by atoms with Gasteiger partial charge in [0.2, 0.25) is 0 Å². The van der Waals surface area contributed by atoms with E-state index in [-0.39, 0.29) is 6.10 Å². The third-order valence-corrected chi connectivity index (χ3v) is 3.69. The second-order valence-electron chi connectivity index (χ2n) is 4.56. The minimum absolute atomic E-state index is 0.142. The molecule has 0 amide bonds. The minimum Gasteiger partial charge on any atom is -0.389 e. The van der Waals surface area contributed by atoms with Gasteiger partial charge in [-0.3, -0.25) is 0 Å². The van der Waals surface area contributed by atoms with Gasteiger partial charge in [0.15, 0.2) is 0 Å². The summed E-state index contributed by atoms with van der Waals surface area (Å²) in [5, 5.41) is 9.83. The van der Waals surface area contributed by atoms with Crippen LogP contribution in [0.15, 0.2) is 12.2 Å². The van der Waals surface area contributed by atoms with Crippen LogP contribution in [-0.4, -0.2) is 11.2 Å². The van der Waals surface area contributed by atoms with Crippen molar-refractivity contribution in [1.82, 2.24) is 0 Å². The fraction of sp³-hybridized carbons (Fsp3) is 0.833. The first-order valence-electron chi connectivity index (χ1n) is 5.72. The lowest BCUT2D eigenvalue weighted by Gasteiger charge is -2.34. The molecule has 0 aromatic carbocycles. The van der Waals surface area contributed by atoms with Crippen molar-refractivity contribution in [3.05, 3.63) is 12.2 Å². The van der Waals surface area contributed by atoms with E-state index in [1.165, 1.54) is 44.9 Å². The van der Waals surface area contributed by atoms with Crippen molar-refractivity contribution in [3.63, 3.8) is 0 Å². The van der Waals surface area contributed by atoms with E-state index < -0.39 is 0 Å². The SMILES string of the molecule is OC1C=CCCC1C1CCCCC1. The molecule has 1 saturated carbocycles. The van der Waals surface area contributed by atoms with Crippen LogP contribution >= 0.6 is 0 Å². The summed E-state index contributed by atoms with van der Waals surface area (Å²) in [6, 6.07) is 0. The molecule has 13 heavy (non-hydrogen) atoms. The molecule has 0 heterocycles. The van der Waals surface area contributed by atoms with Gasteiger partial charge in [0.05, 0.1) is 6.10 Å². The van der Waals surface area contributed by atoms with Gasteiger partial charge in [-0.2, -0.15) is 0 Å². The summed E-state index contributed by atoms with van der Waals surface area (Å²) in [5.74, 6) is 1.39. The van der Waals surface area contributed by atoms with Crippen molar-refractivity contribution in [2.75, 3.05) is 0 Å². The maximum absolute atomic E-state index is 9.83. The molecule has 1 nitrogen and oxygen atoms in total. The molecule has 1 N–H and O–H groups in total. The first-order chi connectivity index (χ1) is 6.38. The second kappa shape index (κ2) is 4.28. The molecule has 0 radical (unpaired) electrons. The predicted molar refractivity (Wildman–Crippen MR) is 54.4 cm³/mol. The molecule has 74 valence electrons. The van der Waals surface area contributed by atoms with Gasteiger partial charge in [-0.05, 0) is 24.7 Å². The fourth-order valence-corrected chi connectivity index (χ4v) is 2.91. The van der Waals surface area contributed by atoms with E-state index in [1.54, 1.807) is 0 Å². The molecule has 2 rings (SSSR count). The molecule has 0 aromatic heterocycles. The Labute approximate surface area is 80.8 Å². The average molecular weight is 180 g/mol. The van der Waals surface area contributed by atoms with Gasteiger partial charge in [0, 0.05) is 0 Å². The first kappa shape index (κ1) is 9.26. The summed E-state index contributed by atoms with van der Waals surface area (Å²) < 4.78 is 0. The molecule has 1 heteroatoms. The molecular formula is C12H20O. The van der Waals surface area contributed by atoms with Crippen LogP contribution in [0.2, 0.25) is 0 Å². The van der Waals surface area contributed by atoms with Crippen molar-refractivity contribution in [2.45, 2.75) is 51.0 Å². The predicted octanol–water partition coefficient (Wildman–Crippen LogP) is 2.89. The van der Waals surface area contributed by atoms with Crippen LogP contribution in [0.3, 0.4) is 0 Å². The Hall–Kier alpha value is -0.300. The molecule has 2 aliphatic rings. The van der Waals surface area contributed by atoms with E-state index in [4.69, 9.17) is 0 Å². The van der Waals surface area contributed by atoms with Crippen molar-refractivity contribution >= 4 is 0 Å². The largest absolute Gasteiger partial charge is 0.389 e. The molecule has 0 spiro atoms. The molecule has 0 aliphatic heterocycles. The zero-order chi connectivity index (χ0) is 9.10. The summed E-state index contributed by atoms with van der Waals surface area (Å²) in [4.78, 5) is 0. The number of rotatable bonds is 1. The molecular weight excluding hydrogens is 160 g/mol. The number of allylic oxidation sites excluding steroid dienone is 1. The highest BCUT2D eigenvalue weighted by Gasteiger charge is 2.28. The smallest absolute Gasteiger partial charge is 0.0751 e. The Morgan fingerprint density at radius 2 is 1.77 bits per heavy atom. The van der Waals surface area contributed by atoms with E-state index >= 15 is 0 Å². The zero-order valence-electron chi connectivity index (χ0n) is 8.28. The highest BCUT2D eigenvalue weighted by molar-refractivity contribution is 4.99. The van der Waals surface area contributed by atoms with E-state index in [0.717, 1.165) is 5.92 Å². The third-order valence-electron chi connectivity index (χ3n) is 3.69. The van der Waals surface area contributed by atoms with Crippen LogP contribution in [0.1, 0.15) is 44.9 Å². The molecule has 0 aromatic rings. The van der Waals surface area contributed by atoms with Gasteiger partial charge in [-0.15, -0.1) is 0 Å². The highest BCUT2D eigenvalue weighted by Crippen LogP contribution is 2.36. The first-order valence-corrected chi connectivity index (χ1v) is 5.72. The molecule has 2 aliphatic carbocycles. The van der Waals surface area contributed by atoms with Crippen LogP contribution in [0.4, 0.5) is 0 Å². The standard InChI is InChI=1S/C12H20O/c13-12-9-5-4-8-11(12)10-6-2-1-3-7-10/h5,9-13H,1-4,6-8H2. The van der Waals surface area contributed by atoms with Crippen molar-refractivity contribution in [3.8, 4) is 0 Å². The van der Waals surface area contributed by atoms with Crippen molar-refractivity contribution in [1.29, 1.82) is 0 Å². The van der Waals surface area contributed by atoms with E-state index in [2.05, 4.69) is 6.08 Å². The topological polar surface area (TPSA) is 20.2 Å². The fourth-order valence-electron chi connectivity index (χ4n) is 2.91. The van der Waals surface area contributed by atoms with Gasteiger partial charge in [-0.25, -0.2) is 0 Å². The van der Waals surface area contributed by atoms with Crippen LogP contribution in [0, 0.1) is 11.8 Å².